The number of hydrogen-bond acceptors (Lipinski definition) is 7. The third kappa shape index (κ3) is 9.34. The van der Waals surface area contributed by atoms with E-state index in [4.69, 9.17) is 14.5 Å². The van der Waals surface area contributed by atoms with Crippen LogP contribution in [0.3, 0.4) is 0 Å². The van der Waals surface area contributed by atoms with E-state index in [1.165, 1.54) is 12.0 Å². The monoisotopic (exact) mass is 757 g/mol. The zero-order valence-corrected chi connectivity index (χ0v) is 33.0. The lowest BCUT2D eigenvalue weighted by molar-refractivity contribution is -0.146. The van der Waals surface area contributed by atoms with Crippen molar-refractivity contribution in [2.75, 3.05) is 12.0 Å². The SMILES string of the molecule is COC(=O)[C@@H](NC(=O)[C@H](Cc1cn(C(c2ccccc2)(c2ccccc2)c2ccccc2)cn1)NC(=O)[C@H](C)N(C(=O)OC(C)(C)C)c1ccccc1)C(C)C. The van der Waals surface area contributed by atoms with Gasteiger partial charge in [-0.05, 0) is 62.4 Å². The summed E-state index contributed by atoms with van der Waals surface area (Å²) in [6.45, 7) is 10.4. The number of methoxy groups -OCH3 is 1. The molecule has 292 valence electrons. The number of carbonyl (C=O) groups excluding carboxylic acids is 4. The van der Waals surface area contributed by atoms with Crippen LogP contribution in [0.2, 0.25) is 0 Å². The Kier molecular flexibility index (Phi) is 13.1. The summed E-state index contributed by atoms with van der Waals surface area (Å²) in [6, 6.07) is 35.7. The first kappa shape index (κ1) is 40.9. The van der Waals surface area contributed by atoms with Crippen LogP contribution in [0.1, 0.15) is 63.9 Å². The van der Waals surface area contributed by atoms with Gasteiger partial charge in [0, 0.05) is 18.3 Å². The van der Waals surface area contributed by atoms with Gasteiger partial charge in [0.25, 0.3) is 0 Å². The van der Waals surface area contributed by atoms with Crippen LogP contribution >= 0.6 is 0 Å². The van der Waals surface area contributed by atoms with Gasteiger partial charge in [-0.15, -0.1) is 0 Å². The summed E-state index contributed by atoms with van der Waals surface area (Å²) in [5, 5.41) is 5.67. The Morgan fingerprint density at radius 2 is 1.20 bits per heavy atom. The smallest absolute Gasteiger partial charge is 0.415 e. The van der Waals surface area contributed by atoms with Crippen molar-refractivity contribution in [3.8, 4) is 0 Å². The van der Waals surface area contributed by atoms with Crippen LogP contribution < -0.4 is 15.5 Å². The maximum absolute atomic E-state index is 14.2. The molecule has 0 spiro atoms. The first-order valence-electron chi connectivity index (χ1n) is 18.7. The number of aromatic nitrogens is 2. The van der Waals surface area contributed by atoms with Gasteiger partial charge in [-0.2, -0.15) is 0 Å². The highest BCUT2D eigenvalue weighted by Gasteiger charge is 2.39. The molecule has 0 bridgehead atoms. The number of esters is 1. The van der Waals surface area contributed by atoms with Crippen LogP contribution in [0.25, 0.3) is 0 Å². The highest BCUT2D eigenvalue weighted by molar-refractivity contribution is 5.99. The van der Waals surface area contributed by atoms with Crippen molar-refractivity contribution in [3.63, 3.8) is 0 Å². The minimum Gasteiger partial charge on any atom is -0.467 e. The van der Waals surface area contributed by atoms with Crippen LogP contribution in [-0.4, -0.2) is 64.3 Å². The van der Waals surface area contributed by atoms with E-state index in [1.807, 2.05) is 65.4 Å². The van der Waals surface area contributed by atoms with E-state index in [0.717, 1.165) is 16.7 Å². The molecule has 11 nitrogen and oxygen atoms in total. The maximum atomic E-state index is 14.2. The van der Waals surface area contributed by atoms with Crippen LogP contribution in [0.15, 0.2) is 134 Å². The Balaban J connectivity index is 1.56. The van der Waals surface area contributed by atoms with E-state index in [2.05, 4.69) is 47.0 Å². The van der Waals surface area contributed by atoms with Gasteiger partial charge in [-0.1, -0.05) is 123 Å². The van der Waals surface area contributed by atoms with Crippen molar-refractivity contribution in [3.05, 3.63) is 156 Å². The summed E-state index contributed by atoms with van der Waals surface area (Å²) in [4.78, 5) is 60.8. The molecule has 0 fully saturated rings. The topological polar surface area (TPSA) is 132 Å². The largest absolute Gasteiger partial charge is 0.467 e. The molecule has 0 saturated heterocycles. The zero-order chi connectivity index (χ0) is 40.5. The normalized spacial score (nSPS) is 13.2. The van der Waals surface area contributed by atoms with E-state index < -0.39 is 53.1 Å². The van der Waals surface area contributed by atoms with Crippen molar-refractivity contribution in [2.45, 2.75) is 77.2 Å². The molecule has 1 heterocycles. The molecular weight excluding hydrogens is 707 g/mol. The van der Waals surface area contributed by atoms with E-state index in [1.54, 1.807) is 78.2 Å². The lowest BCUT2D eigenvalue weighted by atomic mass is 9.77. The van der Waals surface area contributed by atoms with Crippen molar-refractivity contribution >= 4 is 29.6 Å². The zero-order valence-electron chi connectivity index (χ0n) is 33.0. The van der Waals surface area contributed by atoms with Crippen LogP contribution in [0.5, 0.6) is 0 Å². The Hall–Kier alpha value is -6.23. The van der Waals surface area contributed by atoms with Gasteiger partial charge in [0.1, 0.15) is 29.3 Å². The predicted molar refractivity (Wildman–Crippen MR) is 216 cm³/mol. The molecule has 4 aromatic carbocycles. The van der Waals surface area contributed by atoms with Gasteiger partial charge >= 0.3 is 12.1 Å². The fraction of sp³-hybridized carbons (Fsp3) is 0.311. The number of hydrogen-bond donors (Lipinski definition) is 2. The summed E-state index contributed by atoms with van der Waals surface area (Å²) >= 11 is 0. The third-order valence-electron chi connectivity index (χ3n) is 9.46. The standard InChI is InChI=1S/C45H51N5O6/c1-31(2)39(42(53)55-7)48-41(52)38(47-40(51)32(3)50(37-26-18-11-19-27-37)43(54)56-44(4,5)6)28-36-29-49(30-46-36)45(33-20-12-8-13-21-33,34-22-14-9-15-23-34)35-24-16-10-17-25-35/h8-27,29-32,38-39H,28H2,1-7H3,(H,47,51)(H,48,52)/t32-,38-,39-/m0/s1. The number of amides is 3. The molecule has 3 atom stereocenters. The van der Waals surface area contributed by atoms with E-state index in [0.29, 0.717) is 11.4 Å². The fourth-order valence-electron chi connectivity index (χ4n) is 6.73. The average molecular weight is 758 g/mol. The van der Waals surface area contributed by atoms with Crippen molar-refractivity contribution in [2.24, 2.45) is 5.92 Å². The summed E-state index contributed by atoms with van der Waals surface area (Å²) in [5.41, 5.74) is 2.19. The highest BCUT2D eigenvalue weighted by Crippen LogP contribution is 2.40. The van der Waals surface area contributed by atoms with Gasteiger partial charge in [0.2, 0.25) is 11.8 Å². The summed E-state index contributed by atoms with van der Waals surface area (Å²) in [6.07, 6.45) is 2.83. The van der Waals surface area contributed by atoms with Gasteiger partial charge in [-0.25, -0.2) is 14.6 Å². The van der Waals surface area contributed by atoms with Gasteiger partial charge < -0.3 is 24.7 Å². The number of ether oxygens (including phenoxy) is 2. The Morgan fingerprint density at radius 3 is 1.64 bits per heavy atom. The molecule has 0 aliphatic carbocycles. The highest BCUT2D eigenvalue weighted by atomic mass is 16.6. The van der Waals surface area contributed by atoms with Crippen LogP contribution in [-0.2, 0) is 35.8 Å². The molecule has 0 radical (unpaired) electrons. The third-order valence-corrected chi connectivity index (χ3v) is 9.46. The maximum Gasteiger partial charge on any atom is 0.415 e. The molecule has 0 saturated carbocycles. The number of benzene rings is 4. The number of rotatable bonds is 14. The minimum absolute atomic E-state index is 0.0461. The Bertz CT molecular complexity index is 1970. The number of anilines is 1. The molecule has 2 N–H and O–H groups in total. The number of imidazole rings is 1. The summed E-state index contributed by atoms with van der Waals surface area (Å²) < 4.78 is 12.7. The Labute approximate surface area is 329 Å². The molecule has 3 amide bonds. The van der Waals surface area contributed by atoms with Crippen molar-refractivity contribution in [1.82, 2.24) is 20.2 Å². The molecule has 11 heteroatoms. The molecule has 5 rings (SSSR count). The quantitative estimate of drug-likeness (QED) is 0.0932. The number of carbonyl (C=O) groups is 4. The first-order chi connectivity index (χ1) is 26.8. The lowest BCUT2D eigenvalue weighted by Crippen LogP contribution is -2.57. The average Bonchev–Trinajstić information content (AvgIpc) is 3.66. The molecule has 0 unspecified atom stereocenters. The minimum atomic E-state index is -1.21. The molecule has 5 aromatic rings. The second-order valence-electron chi connectivity index (χ2n) is 15.0. The van der Waals surface area contributed by atoms with E-state index in [-0.39, 0.29) is 12.3 Å². The van der Waals surface area contributed by atoms with Crippen LogP contribution in [0.4, 0.5) is 10.5 Å². The second-order valence-corrected chi connectivity index (χ2v) is 15.0. The molecule has 0 aliphatic heterocycles. The first-order valence-corrected chi connectivity index (χ1v) is 18.7. The molecule has 56 heavy (non-hydrogen) atoms. The van der Waals surface area contributed by atoms with Crippen molar-refractivity contribution in [1.29, 1.82) is 0 Å². The number of para-hydroxylation sites is 1. The molecule has 0 aliphatic rings. The predicted octanol–water partition coefficient (Wildman–Crippen LogP) is 6.89. The number of nitrogens with one attached hydrogen (secondary N) is 2. The van der Waals surface area contributed by atoms with Gasteiger partial charge in [-0.3, -0.25) is 14.5 Å². The van der Waals surface area contributed by atoms with Crippen molar-refractivity contribution < 1.29 is 28.7 Å². The second kappa shape index (κ2) is 17.9. The van der Waals surface area contributed by atoms with Gasteiger partial charge in [0.05, 0.1) is 19.1 Å². The Morgan fingerprint density at radius 1 is 0.714 bits per heavy atom. The molecule has 1 aromatic heterocycles. The number of nitrogens with zero attached hydrogens (tertiary/aromatic N) is 3. The van der Waals surface area contributed by atoms with E-state index >= 15 is 0 Å². The fourth-order valence-corrected chi connectivity index (χ4v) is 6.73. The summed E-state index contributed by atoms with van der Waals surface area (Å²) in [5.74, 6) is -2.17. The lowest BCUT2D eigenvalue weighted by Gasteiger charge is -2.37. The van der Waals surface area contributed by atoms with Crippen LogP contribution in [0, 0.1) is 5.92 Å². The summed E-state index contributed by atoms with van der Waals surface area (Å²) in [7, 11) is 1.25. The van der Waals surface area contributed by atoms with E-state index in [9.17, 15) is 19.2 Å². The van der Waals surface area contributed by atoms with Gasteiger partial charge in [0.15, 0.2) is 0 Å². The molecular formula is C45H51N5O6.